The van der Waals surface area contributed by atoms with Crippen molar-refractivity contribution in [3.63, 3.8) is 0 Å². The van der Waals surface area contributed by atoms with Crippen molar-refractivity contribution in [2.75, 3.05) is 5.32 Å². The number of allylic oxidation sites excluding steroid dienone is 5. The van der Waals surface area contributed by atoms with Gasteiger partial charge in [-0.3, -0.25) is 14.6 Å². The normalized spacial score (nSPS) is 12.6. The van der Waals surface area contributed by atoms with Crippen molar-refractivity contribution < 1.29 is 9.59 Å². The van der Waals surface area contributed by atoms with Crippen molar-refractivity contribution in [2.45, 2.75) is 20.8 Å². The Morgan fingerprint density at radius 3 is 2.40 bits per heavy atom. The first-order valence-electron chi connectivity index (χ1n) is 9.23. The third-order valence-corrected chi connectivity index (χ3v) is 4.11. The quantitative estimate of drug-likeness (QED) is 0.336. The highest BCUT2D eigenvalue weighted by atomic mass is 16.1. The van der Waals surface area contributed by atoms with Crippen molar-refractivity contribution >= 4 is 18.0 Å². The van der Waals surface area contributed by atoms with Crippen LogP contribution in [0.15, 0.2) is 89.7 Å². The summed E-state index contributed by atoms with van der Waals surface area (Å²) in [5.41, 5.74) is 9.65. The number of anilines is 1. The molecule has 2 rings (SSSR count). The molecule has 1 aromatic carbocycles. The highest BCUT2D eigenvalue weighted by Crippen LogP contribution is 2.19. The van der Waals surface area contributed by atoms with Gasteiger partial charge in [-0.2, -0.15) is 0 Å². The van der Waals surface area contributed by atoms with Crippen LogP contribution >= 0.6 is 0 Å². The lowest BCUT2D eigenvalue weighted by Gasteiger charge is -2.12. The van der Waals surface area contributed by atoms with E-state index in [4.69, 9.17) is 5.73 Å². The Bertz CT molecular complexity index is 1030. The molecule has 1 heterocycles. The maximum Gasteiger partial charge on any atom is 0.211 e. The molecule has 0 aliphatic heterocycles. The van der Waals surface area contributed by atoms with E-state index in [2.05, 4.69) is 27.2 Å². The second-order valence-electron chi connectivity index (χ2n) is 6.64. The topological polar surface area (TPSA) is 110 Å². The summed E-state index contributed by atoms with van der Waals surface area (Å²) in [6, 6.07) is 9.60. The molecule has 1 amide bonds. The number of nitrogens with two attached hydrogens (primary N) is 1. The third-order valence-electron chi connectivity index (χ3n) is 4.11. The number of carbonyl (C=O) groups is 2. The van der Waals surface area contributed by atoms with Crippen LogP contribution in [0.5, 0.6) is 0 Å². The Morgan fingerprint density at radius 2 is 1.80 bits per heavy atom. The van der Waals surface area contributed by atoms with Gasteiger partial charge < -0.3 is 16.4 Å². The molecule has 0 saturated carbocycles. The van der Waals surface area contributed by atoms with Crippen LogP contribution < -0.4 is 16.4 Å². The van der Waals surface area contributed by atoms with Gasteiger partial charge in [0, 0.05) is 17.0 Å². The molecule has 0 spiro atoms. The molecule has 4 N–H and O–H groups in total. The SMILES string of the molecule is C=C(C)/C(=C\C=C(/C)C(=O)/C(Nc1cncc(-c2ccccc2)n1)=C(/C)N)NC=O. The van der Waals surface area contributed by atoms with Crippen LogP contribution in [0.25, 0.3) is 11.3 Å². The molecule has 0 radical (unpaired) electrons. The molecule has 0 aliphatic rings. The standard InChI is InChI=1S/C23H25N5O2/c1-15(2)19(26-14-29)11-10-16(3)23(30)22(17(4)24)28-21-13-25-12-20(27-21)18-8-6-5-7-9-18/h5-14H,1,24H2,2-4H3,(H,26,29)(H,27,28)/b16-10+,19-11+,22-17+. The molecule has 7 heteroatoms. The number of nitrogens with zero attached hydrogens (tertiary/aromatic N) is 2. The number of carbonyl (C=O) groups excluding carboxylic acids is 2. The molecule has 0 unspecified atom stereocenters. The predicted octanol–water partition coefficient (Wildman–Crippen LogP) is 3.47. The second-order valence-corrected chi connectivity index (χ2v) is 6.64. The predicted molar refractivity (Wildman–Crippen MR) is 119 cm³/mol. The third kappa shape index (κ3) is 6.00. The number of rotatable bonds is 9. The highest BCUT2D eigenvalue weighted by Gasteiger charge is 2.15. The highest BCUT2D eigenvalue weighted by molar-refractivity contribution is 6.10. The molecule has 0 atom stereocenters. The Hall–Kier alpha value is -4.00. The number of amides is 1. The number of nitrogens with one attached hydrogen (secondary N) is 2. The summed E-state index contributed by atoms with van der Waals surface area (Å²) in [6.45, 7) is 8.83. The minimum atomic E-state index is -0.301. The van der Waals surface area contributed by atoms with Gasteiger partial charge in [-0.15, -0.1) is 0 Å². The molecule has 2 aromatic rings. The summed E-state index contributed by atoms with van der Waals surface area (Å²) < 4.78 is 0. The Balaban J connectivity index is 2.29. The van der Waals surface area contributed by atoms with Crippen molar-refractivity contribution in [1.29, 1.82) is 0 Å². The summed E-state index contributed by atoms with van der Waals surface area (Å²) in [5, 5.41) is 5.53. The van der Waals surface area contributed by atoms with Gasteiger partial charge in [0.15, 0.2) is 0 Å². The number of Topliss-reactive ketones (excluding diaryl/α,β-unsaturated/α-hetero) is 1. The van der Waals surface area contributed by atoms with Crippen LogP contribution in [0.2, 0.25) is 0 Å². The Labute approximate surface area is 176 Å². The van der Waals surface area contributed by atoms with Gasteiger partial charge in [-0.1, -0.05) is 43.0 Å². The van der Waals surface area contributed by atoms with Crippen molar-refractivity contribution in [2.24, 2.45) is 5.73 Å². The molecular weight excluding hydrogens is 378 g/mol. The zero-order chi connectivity index (χ0) is 22.1. The molecule has 0 fully saturated rings. The maximum absolute atomic E-state index is 12.9. The first kappa shape index (κ1) is 22.3. The lowest BCUT2D eigenvalue weighted by Crippen LogP contribution is -2.18. The molecule has 1 aromatic heterocycles. The van der Waals surface area contributed by atoms with E-state index in [1.54, 1.807) is 39.1 Å². The van der Waals surface area contributed by atoms with Crippen LogP contribution in [-0.4, -0.2) is 22.2 Å². The molecule has 7 nitrogen and oxygen atoms in total. The zero-order valence-corrected chi connectivity index (χ0v) is 17.3. The van der Waals surface area contributed by atoms with Gasteiger partial charge in [-0.05, 0) is 38.0 Å². The monoisotopic (exact) mass is 403 g/mol. The van der Waals surface area contributed by atoms with Crippen LogP contribution in [0.1, 0.15) is 20.8 Å². The number of hydrogen-bond donors (Lipinski definition) is 3. The largest absolute Gasteiger partial charge is 0.400 e. The minimum Gasteiger partial charge on any atom is -0.400 e. The number of ketones is 1. The van der Waals surface area contributed by atoms with Crippen LogP contribution in [0, 0.1) is 0 Å². The van der Waals surface area contributed by atoms with Crippen molar-refractivity contribution in [3.05, 3.63) is 89.7 Å². The molecule has 30 heavy (non-hydrogen) atoms. The summed E-state index contributed by atoms with van der Waals surface area (Å²) in [5.74, 6) is 0.100. The van der Waals surface area contributed by atoms with Crippen molar-refractivity contribution in [1.82, 2.24) is 15.3 Å². The van der Waals surface area contributed by atoms with Crippen LogP contribution in [-0.2, 0) is 9.59 Å². The summed E-state index contributed by atoms with van der Waals surface area (Å²) >= 11 is 0. The Morgan fingerprint density at radius 1 is 1.10 bits per heavy atom. The van der Waals surface area contributed by atoms with E-state index in [0.29, 0.717) is 40.5 Å². The van der Waals surface area contributed by atoms with E-state index in [0.717, 1.165) is 5.56 Å². The van der Waals surface area contributed by atoms with Crippen LogP contribution in [0.3, 0.4) is 0 Å². The van der Waals surface area contributed by atoms with Crippen molar-refractivity contribution in [3.8, 4) is 11.3 Å². The van der Waals surface area contributed by atoms with E-state index < -0.39 is 0 Å². The van der Waals surface area contributed by atoms with Gasteiger partial charge in [-0.25, -0.2) is 4.98 Å². The van der Waals surface area contributed by atoms with Gasteiger partial charge in [0.25, 0.3) is 0 Å². The van der Waals surface area contributed by atoms with E-state index in [9.17, 15) is 9.59 Å². The smallest absolute Gasteiger partial charge is 0.211 e. The van der Waals surface area contributed by atoms with Crippen LogP contribution in [0.4, 0.5) is 5.82 Å². The molecule has 154 valence electrons. The Kier molecular flexibility index (Phi) is 7.82. The van der Waals surface area contributed by atoms with Gasteiger partial charge >= 0.3 is 0 Å². The number of aromatic nitrogens is 2. The fourth-order valence-electron chi connectivity index (χ4n) is 2.49. The van der Waals surface area contributed by atoms with Gasteiger partial charge in [0.2, 0.25) is 12.2 Å². The second kappa shape index (κ2) is 10.5. The lowest BCUT2D eigenvalue weighted by atomic mass is 10.1. The van der Waals surface area contributed by atoms with Gasteiger partial charge in [0.1, 0.15) is 11.5 Å². The first-order valence-corrected chi connectivity index (χ1v) is 9.23. The maximum atomic E-state index is 12.9. The van der Waals surface area contributed by atoms with Gasteiger partial charge in [0.05, 0.1) is 18.1 Å². The minimum absolute atomic E-state index is 0.205. The molecule has 0 aliphatic carbocycles. The number of benzene rings is 1. The lowest BCUT2D eigenvalue weighted by molar-refractivity contribution is -0.112. The van der Waals surface area contributed by atoms with E-state index in [1.165, 1.54) is 6.20 Å². The summed E-state index contributed by atoms with van der Waals surface area (Å²) in [6.07, 6.45) is 6.94. The fraction of sp³-hybridized carbons (Fsp3) is 0.130. The number of hydrogen-bond acceptors (Lipinski definition) is 6. The fourth-order valence-corrected chi connectivity index (χ4v) is 2.49. The summed E-state index contributed by atoms with van der Waals surface area (Å²) in [4.78, 5) is 32.4. The molecule has 0 saturated heterocycles. The first-order chi connectivity index (χ1) is 14.3. The van der Waals surface area contributed by atoms with E-state index in [-0.39, 0.29) is 11.5 Å². The summed E-state index contributed by atoms with van der Waals surface area (Å²) in [7, 11) is 0. The van der Waals surface area contributed by atoms with E-state index in [1.807, 2.05) is 30.3 Å². The van der Waals surface area contributed by atoms with E-state index >= 15 is 0 Å². The zero-order valence-electron chi connectivity index (χ0n) is 17.3. The average molecular weight is 403 g/mol. The average Bonchev–Trinajstić information content (AvgIpc) is 2.74. The molecular formula is C23H25N5O2. The molecule has 0 bridgehead atoms.